The predicted octanol–water partition coefficient (Wildman–Crippen LogP) is 5.19. The summed E-state index contributed by atoms with van der Waals surface area (Å²) in [7, 11) is 0. The number of pyridine rings is 1. The van der Waals surface area contributed by atoms with E-state index in [4.69, 9.17) is 0 Å². The van der Waals surface area contributed by atoms with E-state index in [0.29, 0.717) is 19.5 Å². The first-order valence-corrected chi connectivity index (χ1v) is 13.0. The number of benzene rings is 1. The summed E-state index contributed by atoms with van der Waals surface area (Å²) in [5.74, 6) is -3.84. The van der Waals surface area contributed by atoms with Gasteiger partial charge in [0.15, 0.2) is 5.82 Å². The Hall–Kier alpha value is -4.35. The summed E-state index contributed by atoms with van der Waals surface area (Å²) in [6.45, 7) is 6.27. The van der Waals surface area contributed by atoms with Crippen molar-refractivity contribution in [2.45, 2.75) is 52.1 Å². The van der Waals surface area contributed by atoms with Crippen LogP contribution >= 0.6 is 15.9 Å². The van der Waals surface area contributed by atoms with Crippen molar-refractivity contribution < 1.29 is 35.9 Å². The van der Waals surface area contributed by atoms with E-state index in [-0.39, 0.29) is 16.9 Å². The maximum Gasteiger partial charge on any atom is 0.455 e. The fourth-order valence-corrected chi connectivity index (χ4v) is 4.43. The number of tetrazole rings is 1. The number of aromatic nitrogens is 7. The number of aryl methyl sites for hydroxylation is 1. The normalized spacial score (nSPS) is 12.3. The molecule has 0 aliphatic rings. The van der Waals surface area contributed by atoms with Crippen LogP contribution in [0, 0.1) is 6.92 Å². The number of hydrogen-bond donors (Lipinski definition) is 2. The molecule has 11 nitrogen and oxygen atoms in total. The summed E-state index contributed by atoms with van der Waals surface area (Å²) in [6.07, 6.45) is -8.74. The molecule has 3 aromatic heterocycles. The Morgan fingerprint density at radius 1 is 0.977 bits per heavy atom. The molecule has 43 heavy (non-hydrogen) atoms. The number of halogens is 7. The second kappa shape index (κ2) is 11.4. The molecular formula is C25H22BrF6N9O2. The molecule has 0 unspecified atom stereocenters. The van der Waals surface area contributed by atoms with E-state index in [2.05, 4.69) is 52.1 Å². The summed E-state index contributed by atoms with van der Waals surface area (Å²) in [6, 6.07) is 5.89. The van der Waals surface area contributed by atoms with Crippen LogP contribution in [0.1, 0.15) is 64.3 Å². The van der Waals surface area contributed by atoms with E-state index in [1.54, 1.807) is 33.8 Å². The van der Waals surface area contributed by atoms with E-state index < -0.39 is 59.2 Å². The molecule has 18 heteroatoms. The maximum absolute atomic E-state index is 13.9. The van der Waals surface area contributed by atoms with Crippen LogP contribution in [0.4, 0.5) is 32.0 Å². The van der Waals surface area contributed by atoms with E-state index in [1.807, 2.05) is 0 Å². The quantitative estimate of drug-likeness (QED) is 0.269. The monoisotopic (exact) mass is 673 g/mol. The minimum Gasteiger partial charge on any atom is -0.347 e. The van der Waals surface area contributed by atoms with Crippen molar-refractivity contribution >= 4 is 33.4 Å². The zero-order valence-corrected chi connectivity index (χ0v) is 24.3. The number of amides is 2. The molecule has 0 atom stereocenters. The first-order valence-electron chi connectivity index (χ1n) is 12.2. The molecule has 0 saturated heterocycles. The minimum absolute atomic E-state index is 0.0572. The van der Waals surface area contributed by atoms with Crippen LogP contribution in [-0.2, 0) is 18.9 Å². The summed E-state index contributed by atoms with van der Waals surface area (Å²) in [4.78, 5) is 31.0. The second-order valence-electron chi connectivity index (χ2n) is 10.2. The molecule has 0 aliphatic heterocycles. The average molecular weight is 674 g/mol. The highest BCUT2D eigenvalue weighted by atomic mass is 79.9. The molecule has 0 bridgehead atoms. The van der Waals surface area contributed by atoms with Crippen LogP contribution in [0.15, 0.2) is 41.0 Å². The van der Waals surface area contributed by atoms with Crippen molar-refractivity contribution in [3.05, 3.63) is 74.9 Å². The average Bonchev–Trinajstić information content (AvgIpc) is 3.51. The van der Waals surface area contributed by atoms with Gasteiger partial charge in [-0.05, 0) is 68.8 Å². The molecule has 3 heterocycles. The molecular weight excluding hydrogens is 652 g/mol. The smallest absolute Gasteiger partial charge is 0.347 e. The van der Waals surface area contributed by atoms with E-state index in [1.165, 1.54) is 6.07 Å². The Morgan fingerprint density at radius 3 is 2.28 bits per heavy atom. The molecule has 1 aromatic carbocycles. The number of rotatable bonds is 6. The van der Waals surface area contributed by atoms with Crippen molar-refractivity contribution in [2.75, 3.05) is 5.32 Å². The first-order chi connectivity index (χ1) is 19.8. The Kier molecular flexibility index (Phi) is 8.36. The largest absolute Gasteiger partial charge is 0.455 e. The highest BCUT2D eigenvalue weighted by Gasteiger charge is 2.38. The molecule has 4 aromatic rings. The lowest BCUT2D eigenvalue weighted by molar-refractivity contribution is -0.145. The standard InChI is InChI=1S/C25H22BrF6N9O2/c1-12-8-13(26)9-15(20(42)35-23(2,3)4)18(12)34-21(43)17-10-14(11-40-38-22(36-39-40)25(30,31)32)37-41(17)19-16(24(27,28)29)6-5-7-33-19/h5-10H,11H2,1-4H3,(H,34,43)(H,35,42). The lowest BCUT2D eigenvalue weighted by atomic mass is 10.0. The molecule has 0 aliphatic carbocycles. The topological polar surface area (TPSA) is 133 Å². The van der Waals surface area contributed by atoms with Gasteiger partial charge in [-0.25, -0.2) is 9.67 Å². The zero-order valence-electron chi connectivity index (χ0n) is 22.8. The fourth-order valence-electron chi connectivity index (χ4n) is 3.86. The van der Waals surface area contributed by atoms with Crippen LogP contribution in [0.2, 0.25) is 0 Å². The van der Waals surface area contributed by atoms with Crippen LogP contribution in [0.3, 0.4) is 0 Å². The Bertz CT molecular complexity index is 1690. The third-order valence-electron chi connectivity index (χ3n) is 5.57. The molecule has 2 amide bonds. The summed E-state index contributed by atoms with van der Waals surface area (Å²) in [5.41, 5.74) is -1.98. The van der Waals surface area contributed by atoms with Gasteiger partial charge >= 0.3 is 12.4 Å². The number of hydrogen-bond acceptors (Lipinski definition) is 7. The molecule has 0 fully saturated rings. The maximum atomic E-state index is 13.9. The van der Waals surface area contributed by atoms with E-state index in [0.717, 1.165) is 24.4 Å². The molecule has 228 valence electrons. The van der Waals surface area contributed by atoms with Gasteiger partial charge in [0.05, 0.1) is 16.9 Å². The molecule has 0 spiro atoms. The Labute approximate surface area is 247 Å². The highest BCUT2D eigenvalue weighted by molar-refractivity contribution is 9.10. The van der Waals surface area contributed by atoms with Crippen molar-refractivity contribution in [3.8, 4) is 5.82 Å². The van der Waals surface area contributed by atoms with Crippen LogP contribution < -0.4 is 10.6 Å². The van der Waals surface area contributed by atoms with Gasteiger partial charge in [0.1, 0.15) is 17.8 Å². The van der Waals surface area contributed by atoms with Crippen LogP contribution in [0.25, 0.3) is 5.82 Å². The number of alkyl halides is 6. The lowest BCUT2D eigenvalue weighted by Crippen LogP contribution is -2.41. The molecule has 2 N–H and O–H groups in total. The number of nitrogens with zero attached hydrogens (tertiary/aromatic N) is 7. The van der Waals surface area contributed by atoms with Crippen molar-refractivity contribution in [3.63, 3.8) is 0 Å². The van der Waals surface area contributed by atoms with Gasteiger partial charge in [-0.15, -0.1) is 10.2 Å². The van der Waals surface area contributed by atoms with Gasteiger partial charge in [-0.1, -0.05) is 15.9 Å². The van der Waals surface area contributed by atoms with Crippen molar-refractivity contribution in [2.24, 2.45) is 0 Å². The number of nitrogens with one attached hydrogen (secondary N) is 2. The summed E-state index contributed by atoms with van der Waals surface area (Å²) < 4.78 is 81.6. The van der Waals surface area contributed by atoms with Crippen molar-refractivity contribution in [1.29, 1.82) is 0 Å². The third-order valence-corrected chi connectivity index (χ3v) is 6.02. The summed E-state index contributed by atoms with van der Waals surface area (Å²) >= 11 is 3.31. The number of carbonyl (C=O) groups excluding carboxylic acids is 2. The minimum atomic E-state index is -4.90. The van der Waals surface area contributed by atoms with E-state index in [9.17, 15) is 35.9 Å². The van der Waals surface area contributed by atoms with Gasteiger partial charge in [-0.3, -0.25) is 9.59 Å². The number of carbonyl (C=O) groups is 2. The highest BCUT2D eigenvalue weighted by Crippen LogP contribution is 2.34. The Morgan fingerprint density at radius 2 is 1.67 bits per heavy atom. The van der Waals surface area contributed by atoms with Gasteiger partial charge in [0.2, 0.25) is 0 Å². The first kappa shape index (κ1) is 31.6. The lowest BCUT2D eigenvalue weighted by Gasteiger charge is -2.22. The van der Waals surface area contributed by atoms with E-state index >= 15 is 0 Å². The SMILES string of the molecule is Cc1cc(Br)cc(C(=O)NC(C)(C)C)c1NC(=O)c1cc(Cn2nnc(C(F)(F)F)n2)nn1-c1ncccc1C(F)(F)F. The van der Waals surface area contributed by atoms with Gasteiger partial charge in [0, 0.05) is 16.2 Å². The van der Waals surface area contributed by atoms with Gasteiger partial charge in [0.25, 0.3) is 17.6 Å². The van der Waals surface area contributed by atoms with Gasteiger partial charge < -0.3 is 10.6 Å². The van der Waals surface area contributed by atoms with Crippen LogP contribution in [-0.4, -0.2) is 52.3 Å². The zero-order chi connectivity index (χ0) is 31.9. The van der Waals surface area contributed by atoms with Crippen molar-refractivity contribution in [1.82, 2.24) is 40.3 Å². The molecule has 0 saturated carbocycles. The number of anilines is 1. The predicted molar refractivity (Wildman–Crippen MR) is 142 cm³/mol. The van der Waals surface area contributed by atoms with Gasteiger partial charge in [-0.2, -0.15) is 36.2 Å². The Balaban J connectivity index is 1.81. The fraction of sp³-hybridized carbons (Fsp3) is 0.320. The third kappa shape index (κ3) is 7.36. The molecule has 0 radical (unpaired) electrons. The molecule has 4 rings (SSSR count). The summed E-state index contributed by atoms with van der Waals surface area (Å²) in [5, 5.41) is 18.8. The second-order valence-corrected chi connectivity index (χ2v) is 11.2. The van der Waals surface area contributed by atoms with Crippen LogP contribution in [0.5, 0.6) is 0 Å².